The van der Waals surface area contributed by atoms with Gasteiger partial charge in [0.25, 0.3) is 0 Å². The van der Waals surface area contributed by atoms with E-state index in [9.17, 15) is 9.90 Å². The van der Waals surface area contributed by atoms with Crippen molar-refractivity contribution in [3.8, 4) is 5.75 Å². The number of hydrogen-bond acceptors (Lipinski definition) is 4. The van der Waals surface area contributed by atoms with E-state index in [0.29, 0.717) is 26.2 Å². The molecule has 1 atom stereocenters. The number of aryl methyl sites for hydroxylation is 2. The topological polar surface area (TPSA) is 53.0 Å². The molecule has 1 N–H and O–H groups in total. The highest BCUT2D eigenvalue weighted by atomic mass is 16.5. The second kappa shape index (κ2) is 8.31. The number of likely N-dealkylation sites (tertiary alicyclic amines) is 1. The van der Waals surface area contributed by atoms with Crippen LogP contribution in [0.2, 0.25) is 0 Å². The van der Waals surface area contributed by atoms with Crippen molar-refractivity contribution in [1.82, 2.24) is 9.80 Å². The summed E-state index contributed by atoms with van der Waals surface area (Å²) in [4.78, 5) is 15.9. The normalized spacial score (nSPS) is 18.7. The first-order valence-electron chi connectivity index (χ1n) is 8.29. The number of benzene rings is 1. The van der Waals surface area contributed by atoms with E-state index in [2.05, 4.69) is 6.07 Å². The molecular formula is C18H28N2O3. The lowest BCUT2D eigenvalue weighted by Crippen LogP contribution is -2.45. The minimum atomic E-state index is -0.297. The molecule has 1 saturated heterocycles. The van der Waals surface area contributed by atoms with Crippen LogP contribution in [0.4, 0.5) is 0 Å². The van der Waals surface area contributed by atoms with Crippen LogP contribution in [-0.4, -0.2) is 66.8 Å². The second-order valence-electron chi connectivity index (χ2n) is 6.52. The molecule has 1 aromatic carbocycles. The van der Waals surface area contributed by atoms with E-state index in [1.54, 1.807) is 11.9 Å². The van der Waals surface area contributed by atoms with Gasteiger partial charge in [-0.2, -0.15) is 0 Å². The molecule has 5 nitrogen and oxygen atoms in total. The zero-order chi connectivity index (χ0) is 16.8. The summed E-state index contributed by atoms with van der Waals surface area (Å²) in [7, 11) is 1.80. The van der Waals surface area contributed by atoms with Crippen molar-refractivity contribution in [1.29, 1.82) is 0 Å². The molecule has 0 bridgehead atoms. The molecule has 0 aromatic heterocycles. The maximum Gasteiger partial charge on any atom is 0.236 e. The van der Waals surface area contributed by atoms with Gasteiger partial charge in [0.05, 0.1) is 19.2 Å². The molecule has 0 saturated carbocycles. The number of likely N-dealkylation sites (N-methyl/N-ethyl adjacent to an activating group) is 1. The number of amides is 1. The first-order valence-corrected chi connectivity index (χ1v) is 8.29. The van der Waals surface area contributed by atoms with Crippen LogP contribution in [0, 0.1) is 13.8 Å². The summed E-state index contributed by atoms with van der Waals surface area (Å²) in [6, 6.07) is 6.11. The van der Waals surface area contributed by atoms with Gasteiger partial charge >= 0.3 is 0 Å². The maximum absolute atomic E-state index is 12.2. The van der Waals surface area contributed by atoms with Gasteiger partial charge in [-0.3, -0.25) is 9.69 Å². The fourth-order valence-corrected chi connectivity index (χ4v) is 2.93. The minimum Gasteiger partial charge on any atom is -0.492 e. The highest BCUT2D eigenvalue weighted by Crippen LogP contribution is 2.16. The Morgan fingerprint density at radius 2 is 2.04 bits per heavy atom. The number of carbonyl (C=O) groups is 1. The lowest BCUT2D eigenvalue weighted by atomic mass is 10.1. The van der Waals surface area contributed by atoms with Gasteiger partial charge in [0.1, 0.15) is 12.4 Å². The molecule has 0 spiro atoms. The molecule has 1 fully saturated rings. The molecule has 1 amide bonds. The summed E-state index contributed by atoms with van der Waals surface area (Å²) < 4.78 is 5.75. The number of piperidine rings is 1. The van der Waals surface area contributed by atoms with Crippen LogP contribution in [-0.2, 0) is 4.79 Å². The maximum atomic E-state index is 12.2. The summed E-state index contributed by atoms with van der Waals surface area (Å²) >= 11 is 0. The van der Waals surface area contributed by atoms with Gasteiger partial charge < -0.3 is 14.7 Å². The molecule has 1 aromatic rings. The molecule has 0 radical (unpaired) electrons. The molecular weight excluding hydrogens is 292 g/mol. The molecule has 1 aliphatic rings. The Morgan fingerprint density at radius 3 is 2.70 bits per heavy atom. The molecule has 1 unspecified atom stereocenters. The van der Waals surface area contributed by atoms with E-state index in [0.717, 1.165) is 25.1 Å². The third kappa shape index (κ3) is 5.84. The molecule has 1 heterocycles. The fourth-order valence-electron chi connectivity index (χ4n) is 2.93. The summed E-state index contributed by atoms with van der Waals surface area (Å²) in [6.45, 7) is 6.98. The van der Waals surface area contributed by atoms with Crippen LogP contribution in [0.15, 0.2) is 18.2 Å². The Labute approximate surface area is 138 Å². The Bertz CT molecular complexity index is 513. The van der Waals surface area contributed by atoms with Crippen molar-refractivity contribution < 1.29 is 14.6 Å². The van der Waals surface area contributed by atoms with Crippen molar-refractivity contribution in [3.63, 3.8) is 0 Å². The van der Waals surface area contributed by atoms with E-state index in [4.69, 9.17) is 4.74 Å². The Morgan fingerprint density at radius 1 is 1.35 bits per heavy atom. The first kappa shape index (κ1) is 17.8. The summed E-state index contributed by atoms with van der Waals surface area (Å²) in [5, 5.41) is 9.66. The van der Waals surface area contributed by atoms with Gasteiger partial charge in [-0.1, -0.05) is 6.07 Å². The second-order valence-corrected chi connectivity index (χ2v) is 6.52. The highest BCUT2D eigenvalue weighted by molar-refractivity contribution is 5.78. The molecule has 5 heteroatoms. The van der Waals surface area contributed by atoms with Crippen LogP contribution >= 0.6 is 0 Å². The quantitative estimate of drug-likeness (QED) is 0.865. The van der Waals surface area contributed by atoms with E-state index in [1.807, 2.05) is 30.9 Å². The zero-order valence-electron chi connectivity index (χ0n) is 14.4. The van der Waals surface area contributed by atoms with E-state index in [1.165, 1.54) is 11.1 Å². The lowest BCUT2D eigenvalue weighted by Gasteiger charge is -2.30. The number of hydrogen-bond donors (Lipinski definition) is 1. The number of aliphatic hydroxyl groups excluding tert-OH is 1. The van der Waals surface area contributed by atoms with Crippen LogP contribution < -0.4 is 4.74 Å². The van der Waals surface area contributed by atoms with Crippen molar-refractivity contribution in [2.75, 3.05) is 39.8 Å². The molecule has 23 heavy (non-hydrogen) atoms. The number of nitrogens with zero attached hydrogens (tertiary/aromatic N) is 2. The molecule has 2 rings (SSSR count). The van der Waals surface area contributed by atoms with Crippen LogP contribution in [0.1, 0.15) is 24.0 Å². The highest BCUT2D eigenvalue weighted by Gasteiger charge is 2.21. The van der Waals surface area contributed by atoms with Gasteiger partial charge in [-0.15, -0.1) is 0 Å². The third-order valence-corrected chi connectivity index (χ3v) is 4.16. The van der Waals surface area contributed by atoms with Crippen molar-refractivity contribution in [2.24, 2.45) is 0 Å². The minimum absolute atomic E-state index is 0.0723. The van der Waals surface area contributed by atoms with Crippen molar-refractivity contribution in [2.45, 2.75) is 32.8 Å². The third-order valence-electron chi connectivity index (χ3n) is 4.16. The molecule has 128 valence electrons. The number of aliphatic hydroxyl groups is 1. The summed E-state index contributed by atoms with van der Waals surface area (Å²) in [6.07, 6.45) is 1.49. The number of ether oxygens (including phenoxy) is 1. The van der Waals surface area contributed by atoms with Gasteiger partial charge in [0.2, 0.25) is 5.91 Å². The average Bonchev–Trinajstić information content (AvgIpc) is 2.46. The van der Waals surface area contributed by atoms with E-state index < -0.39 is 0 Å². The first-order chi connectivity index (χ1) is 10.9. The van der Waals surface area contributed by atoms with Crippen LogP contribution in [0.25, 0.3) is 0 Å². The predicted molar refractivity (Wildman–Crippen MR) is 90.7 cm³/mol. The fraction of sp³-hybridized carbons (Fsp3) is 0.611. The van der Waals surface area contributed by atoms with Gasteiger partial charge in [-0.25, -0.2) is 0 Å². The Hall–Kier alpha value is -1.59. The van der Waals surface area contributed by atoms with Gasteiger partial charge in [0, 0.05) is 13.6 Å². The van der Waals surface area contributed by atoms with E-state index >= 15 is 0 Å². The van der Waals surface area contributed by atoms with Gasteiger partial charge in [-0.05, 0) is 56.5 Å². The lowest BCUT2D eigenvalue weighted by molar-refractivity contribution is -0.132. The summed E-state index contributed by atoms with van der Waals surface area (Å²) in [5.41, 5.74) is 2.35. The van der Waals surface area contributed by atoms with Crippen molar-refractivity contribution in [3.05, 3.63) is 29.3 Å². The summed E-state index contributed by atoms with van der Waals surface area (Å²) in [5.74, 6) is 0.922. The predicted octanol–water partition coefficient (Wildman–Crippen LogP) is 1.60. The average molecular weight is 320 g/mol. The molecule has 0 aliphatic carbocycles. The van der Waals surface area contributed by atoms with Crippen molar-refractivity contribution >= 4 is 5.91 Å². The van der Waals surface area contributed by atoms with Gasteiger partial charge in [0.15, 0.2) is 0 Å². The number of rotatable bonds is 6. The monoisotopic (exact) mass is 320 g/mol. The molecule has 1 aliphatic heterocycles. The largest absolute Gasteiger partial charge is 0.492 e. The zero-order valence-corrected chi connectivity index (χ0v) is 14.4. The van der Waals surface area contributed by atoms with E-state index in [-0.39, 0.29) is 12.0 Å². The smallest absolute Gasteiger partial charge is 0.236 e. The van der Waals surface area contributed by atoms with Crippen LogP contribution in [0.5, 0.6) is 5.75 Å². The SMILES string of the molecule is Cc1cc(C)cc(OCCN(C)C(=O)CN2CCCC(O)C2)c1. The Balaban J connectivity index is 1.73. The Kier molecular flexibility index (Phi) is 6.42. The number of carbonyl (C=O) groups excluding carboxylic acids is 1. The number of β-amino-alcohol motifs (C(OH)–C–C–N with tert-alkyl or cyclic N) is 1. The van der Waals surface area contributed by atoms with Crippen LogP contribution in [0.3, 0.4) is 0 Å². The standard InChI is InChI=1S/C18H28N2O3/c1-14-9-15(2)11-17(10-14)23-8-7-19(3)18(22)13-20-6-4-5-16(21)12-20/h9-11,16,21H,4-8,12-13H2,1-3H3.